The van der Waals surface area contributed by atoms with Crippen molar-refractivity contribution in [1.82, 2.24) is 10.2 Å². The molecule has 0 unspecified atom stereocenters. The van der Waals surface area contributed by atoms with Crippen molar-refractivity contribution in [3.05, 3.63) is 42.5 Å². The number of ether oxygens (including phenoxy) is 1. The minimum atomic E-state index is -0.156. The first kappa shape index (κ1) is 16.1. The molecule has 0 saturated carbocycles. The normalized spacial score (nSPS) is 15.2. The highest BCUT2D eigenvalue weighted by atomic mass is 16.5. The molecule has 0 bridgehead atoms. The zero-order valence-electron chi connectivity index (χ0n) is 12.9. The molecule has 0 spiro atoms. The SMILES string of the molecule is C=CC(=O)NC1CCN(C(=O)c2ccc(OCC)cc2)CC1. The van der Waals surface area contributed by atoms with Gasteiger partial charge in [0.05, 0.1) is 6.61 Å². The maximum absolute atomic E-state index is 12.4. The number of carbonyl (C=O) groups is 2. The molecule has 1 aromatic carbocycles. The number of piperidine rings is 1. The number of nitrogens with zero attached hydrogens (tertiary/aromatic N) is 1. The van der Waals surface area contributed by atoms with E-state index >= 15 is 0 Å². The summed E-state index contributed by atoms with van der Waals surface area (Å²) in [6.07, 6.45) is 2.81. The van der Waals surface area contributed by atoms with Crippen LogP contribution < -0.4 is 10.1 Å². The molecule has 2 rings (SSSR count). The van der Waals surface area contributed by atoms with E-state index in [1.807, 2.05) is 24.0 Å². The van der Waals surface area contributed by atoms with Crippen molar-refractivity contribution in [1.29, 1.82) is 0 Å². The van der Waals surface area contributed by atoms with E-state index in [-0.39, 0.29) is 17.9 Å². The van der Waals surface area contributed by atoms with Crippen LogP contribution in [-0.2, 0) is 4.79 Å². The van der Waals surface area contributed by atoms with Gasteiger partial charge in [-0.05, 0) is 50.1 Å². The van der Waals surface area contributed by atoms with Crippen molar-refractivity contribution in [3.8, 4) is 5.75 Å². The molecule has 118 valence electrons. The molecular weight excluding hydrogens is 280 g/mol. The van der Waals surface area contributed by atoms with E-state index in [1.54, 1.807) is 12.1 Å². The third-order valence-electron chi connectivity index (χ3n) is 3.73. The Morgan fingerprint density at radius 3 is 2.50 bits per heavy atom. The van der Waals surface area contributed by atoms with E-state index < -0.39 is 0 Å². The average molecular weight is 302 g/mol. The summed E-state index contributed by atoms with van der Waals surface area (Å²) in [5.74, 6) is 0.637. The second kappa shape index (κ2) is 7.64. The molecule has 1 saturated heterocycles. The van der Waals surface area contributed by atoms with E-state index in [2.05, 4.69) is 11.9 Å². The van der Waals surface area contributed by atoms with Gasteiger partial charge < -0.3 is 15.0 Å². The average Bonchev–Trinajstić information content (AvgIpc) is 2.56. The van der Waals surface area contributed by atoms with Gasteiger partial charge in [-0.1, -0.05) is 6.58 Å². The standard InChI is InChI=1S/C17H22N2O3/c1-3-16(20)18-14-9-11-19(12-10-14)17(21)13-5-7-15(8-6-13)22-4-2/h3,5-8,14H,1,4,9-12H2,2H3,(H,18,20). The van der Waals surface area contributed by atoms with Gasteiger partial charge in [-0.15, -0.1) is 0 Å². The highest BCUT2D eigenvalue weighted by Crippen LogP contribution is 2.17. The lowest BCUT2D eigenvalue weighted by atomic mass is 10.0. The summed E-state index contributed by atoms with van der Waals surface area (Å²) in [5.41, 5.74) is 0.664. The van der Waals surface area contributed by atoms with Crippen molar-refractivity contribution in [2.45, 2.75) is 25.8 Å². The molecule has 5 heteroatoms. The van der Waals surface area contributed by atoms with Gasteiger partial charge in [0.15, 0.2) is 0 Å². The highest BCUT2D eigenvalue weighted by Gasteiger charge is 2.24. The van der Waals surface area contributed by atoms with Crippen molar-refractivity contribution >= 4 is 11.8 Å². The van der Waals surface area contributed by atoms with Gasteiger partial charge in [0.1, 0.15) is 5.75 Å². The Hall–Kier alpha value is -2.30. The predicted molar refractivity (Wildman–Crippen MR) is 84.9 cm³/mol. The number of hydrogen-bond acceptors (Lipinski definition) is 3. The van der Waals surface area contributed by atoms with E-state index in [1.165, 1.54) is 6.08 Å². The molecule has 1 aromatic rings. The Morgan fingerprint density at radius 2 is 1.95 bits per heavy atom. The summed E-state index contributed by atoms with van der Waals surface area (Å²) in [4.78, 5) is 25.5. The first-order valence-electron chi connectivity index (χ1n) is 7.59. The quantitative estimate of drug-likeness (QED) is 0.846. The van der Waals surface area contributed by atoms with Crippen LogP contribution in [0.5, 0.6) is 5.75 Å². The molecule has 1 heterocycles. The number of amides is 2. The molecule has 1 aliphatic rings. The Labute approximate surface area is 130 Å². The van der Waals surface area contributed by atoms with E-state index in [9.17, 15) is 9.59 Å². The van der Waals surface area contributed by atoms with Crippen molar-refractivity contribution < 1.29 is 14.3 Å². The Kier molecular flexibility index (Phi) is 5.58. The fourth-order valence-electron chi connectivity index (χ4n) is 2.53. The minimum Gasteiger partial charge on any atom is -0.494 e. The topological polar surface area (TPSA) is 58.6 Å². The molecule has 0 radical (unpaired) electrons. The van der Waals surface area contributed by atoms with Crippen LogP contribution in [0.4, 0.5) is 0 Å². The Bertz CT molecular complexity index is 531. The molecular formula is C17H22N2O3. The second-order valence-electron chi connectivity index (χ2n) is 5.24. The number of rotatable bonds is 5. The minimum absolute atomic E-state index is 0.0246. The number of carbonyl (C=O) groups excluding carboxylic acids is 2. The molecule has 0 aliphatic carbocycles. The van der Waals surface area contributed by atoms with Gasteiger partial charge in [0, 0.05) is 24.7 Å². The van der Waals surface area contributed by atoms with Gasteiger partial charge in [0.2, 0.25) is 5.91 Å². The molecule has 5 nitrogen and oxygen atoms in total. The number of likely N-dealkylation sites (tertiary alicyclic amines) is 1. The fourth-order valence-corrected chi connectivity index (χ4v) is 2.53. The van der Waals surface area contributed by atoms with Gasteiger partial charge >= 0.3 is 0 Å². The largest absolute Gasteiger partial charge is 0.494 e. The van der Waals surface area contributed by atoms with Crippen LogP contribution in [0.25, 0.3) is 0 Å². The van der Waals surface area contributed by atoms with E-state index in [4.69, 9.17) is 4.74 Å². The summed E-state index contributed by atoms with van der Waals surface area (Å²) >= 11 is 0. The Morgan fingerprint density at radius 1 is 1.32 bits per heavy atom. The highest BCUT2D eigenvalue weighted by molar-refractivity contribution is 5.94. The van der Waals surface area contributed by atoms with Crippen LogP contribution in [0.2, 0.25) is 0 Å². The van der Waals surface area contributed by atoms with Gasteiger partial charge in [-0.3, -0.25) is 9.59 Å². The summed E-state index contributed by atoms with van der Waals surface area (Å²) in [7, 11) is 0. The maximum atomic E-state index is 12.4. The summed E-state index contributed by atoms with van der Waals surface area (Å²) in [6, 6.07) is 7.33. The summed E-state index contributed by atoms with van der Waals surface area (Å²) in [6.45, 7) is 7.27. The zero-order valence-corrected chi connectivity index (χ0v) is 12.9. The van der Waals surface area contributed by atoms with Gasteiger partial charge in [-0.25, -0.2) is 0 Å². The number of benzene rings is 1. The second-order valence-corrected chi connectivity index (χ2v) is 5.24. The van der Waals surface area contributed by atoms with Crippen molar-refractivity contribution in [3.63, 3.8) is 0 Å². The molecule has 1 aliphatic heterocycles. The predicted octanol–water partition coefficient (Wildman–Crippen LogP) is 1.99. The molecule has 2 amide bonds. The molecule has 0 aromatic heterocycles. The monoisotopic (exact) mass is 302 g/mol. The van der Waals surface area contributed by atoms with E-state index in [0.717, 1.165) is 18.6 Å². The maximum Gasteiger partial charge on any atom is 0.253 e. The fraction of sp³-hybridized carbons (Fsp3) is 0.412. The number of hydrogen-bond donors (Lipinski definition) is 1. The van der Waals surface area contributed by atoms with Crippen molar-refractivity contribution in [2.75, 3.05) is 19.7 Å². The van der Waals surface area contributed by atoms with Crippen LogP contribution >= 0.6 is 0 Å². The van der Waals surface area contributed by atoms with Crippen LogP contribution in [-0.4, -0.2) is 42.5 Å². The lowest BCUT2D eigenvalue weighted by Gasteiger charge is -2.32. The lowest BCUT2D eigenvalue weighted by molar-refractivity contribution is -0.117. The lowest BCUT2D eigenvalue weighted by Crippen LogP contribution is -2.46. The smallest absolute Gasteiger partial charge is 0.253 e. The van der Waals surface area contributed by atoms with Crippen LogP contribution in [0.15, 0.2) is 36.9 Å². The van der Waals surface area contributed by atoms with Crippen LogP contribution in [0, 0.1) is 0 Å². The number of nitrogens with one attached hydrogen (secondary N) is 1. The zero-order chi connectivity index (χ0) is 15.9. The molecule has 0 atom stereocenters. The molecule has 1 N–H and O–H groups in total. The van der Waals surface area contributed by atoms with Crippen LogP contribution in [0.3, 0.4) is 0 Å². The molecule has 1 fully saturated rings. The van der Waals surface area contributed by atoms with Gasteiger partial charge in [-0.2, -0.15) is 0 Å². The first-order chi connectivity index (χ1) is 10.6. The Balaban J connectivity index is 1.89. The van der Waals surface area contributed by atoms with Crippen LogP contribution in [0.1, 0.15) is 30.1 Å². The first-order valence-corrected chi connectivity index (χ1v) is 7.59. The third kappa shape index (κ3) is 4.10. The van der Waals surface area contributed by atoms with Gasteiger partial charge in [0.25, 0.3) is 5.91 Å². The third-order valence-corrected chi connectivity index (χ3v) is 3.73. The summed E-state index contributed by atoms with van der Waals surface area (Å²) in [5, 5.41) is 2.88. The van der Waals surface area contributed by atoms with Crippen molar-refractivity contribution in [2.24, 2.45) is 0 Å². The van der Waals surface area contributed by atoms with E-state index in [0.29, 0.717) is 25.3 Å². The summed E-state index contributed by atoms with van der Waals surface area (Å²) < 4.78 is 5.37. The molecule has 22 heavy (non-hydrogen) atoms.